The molecule has 8 N–H and O–H groups in total. The quantitative estimate of drug-likeness (QED) is 0.415. The van der Waals surface area contributed by atoms with Crippen LogP contribution in [0.3, 0.4) is 0 Å². The molecule has 1 heterocycles. The van der Waals surface area contributed by atoms with Crippen molar-refractivity contribution in [3.63, 3.8) is 0 Å². The van der Waals surface area contributed by atoms with Crippen molar-refractivity contribution in [1.82, 2.24) is 10.2 Å². The molecule has 0 fully saturated rings. The van der Waals surface area contributed by atoms with Crippen molar-refractivity contribution in [3.8, 4) is 0 Å². The largest absolute Gasteiger partial charge is 0.412 e. The summed E-state index contributed by atoms with van der Waals surface area (Å²) in [6.07, 6.45) is 0. The third kappa shape index (κ3) is 4.03. The normalized spacial score (nSPS) is 9.84. The fraction of sp³-hybridized carbons (Fsp3) is 0.222. The third-order valence-electron chi connectivity index (χ3n) is 3.94. The summed E-state index contributed by atoms with van der Waals surface area (Å²) in [5.41, 5.74) is 6.05. The number of hydrazine groups is 1. The molecule has 0 saturated carbocycles. The Kier molecular flexibility index (Phi) is 6.81. The molecular weight excluding hydrogens is 318 g/mol. The Morgan fingerprint density at radius 3 is 2.24 bits per heavy atom. The monoisotopic (exact) mass is 343 g/mol. The first-order valence-electron chi connectivity index (χ1n) is 7.63. The first-order valence-corrected chi connectivity index (χ1v) is 7.63. The molecule has 2 aromatic carbocycles. The fourth-order valence-electron chi connectivity index (χ4n) is 2.97. The average molecular weight is 343 g/mol. The molecule has 0 bridgehead atoms. The van der Waals surface area contributed by atoms with Crippen molar-refractivity contribution >= 4 is 22.1 Å². The second-order valence-corrected chi connectivity index (χ2v) is 5.76. The topological polar surface area (TPSA) is 141 Å². The maximum atomic E-state index is 12.2. The summed E-state index contributed by atoms with van der Waals surface area (Å²) in [5, 5.41) is 11.5. The van der Waals surface area contributed by atoms with Crippen LogP contribution in [-0.2, 0) is 0 Å². The fourth-order valence-corrected chi connectivity index (χ4v) is 2.97. The van der Waals surface area contributed by atoms with Crippen LogP contribution in [0.15, 0.2) is 35.1 Å². The highest BCUT2D eigenvalue weighted by Crippen LogP contribution is 2.29. The van der Waals surface area contributed by atoms with Crippen molar-refractivity contribution in [2.24, 2.45) is 11.7 Å². The number of nitrogens with one attached hydrogen (secondary N) is 2. The van der Waals surface area contributed by atoms with E-state index in [4.69, 9.17) is 0 Å². The van der Waals surface area contributed by atoms with Gasteiger partial charge in [0.25, 0.3) is 5.56 Å². The van der Waals surface area contributed by atoms with E-state index in [2.05, 4.69) is 60.1 Å². The molecule has 134 valence electrons. The van der Waals surface area contributed by atoms with Crippen LogP contribution in [0.5, 0.6) is 0 Å². The van der Waals surface area contributed by atoms with Gasteiger partial charge in [-0.25, -0.2) is 5.10 Å². The van der Waals surface area contributed by atoms with Crippen molar-refractivity contribution in [2.45, 2.75) is 27.7 Å². The highest BCUT2D eigenvalue weighted by Gasteiger charge is 2.10. The van der Waals surface area contributed by atoms with Crippen molar-refractivity contribution in [2.75, 3.05) is 5.32 Å². The minimum Gasteiger partial charge on any atom is -0.412 e. The number of rotatable bonds is 2. The molecule has 0 radical (unpaired) electrons. The van der Waals surface area contributed by atoms with Gasteiger partial charge in [0.05, 0.1) is 16.8 Å². The second-order valence-electron chi connectivity index (χ2n) is 5.76. The maximum absolute atomic E-state index is 12.2. The molecule has 7 nitrogen and oxygen atoms in total. The van der Waals surface area contributed by atoms with Crippen molar-refractivity contribution in [1.29, 1.82) is 0 Å². The van der Waals surface area contributed by atoms with Gasteiger partial charge in [-0.05, 0) is 44.9 Å². The number of hydrogen-bond acceptors (Lipinski definition) is 5. The first kappa shape index (κ1) is 20.3. The van der Waals surface area contributed by atoms with E-state index in [0.717, 1.165) is 33.6 Å². The van der Waals surface area contributed by atoms with Crippen LogP contribution in [0.2, 0.25) is 0 Å². The molecule has 0 unspecified atom stereocenters. The number of hydrogen-bond donors (Lipinski definition) is 4. The van der Waals surface area contributed by atoms with E-state index in [-0.39, 0.29) is 11.0 Å². The molecular formula is C18H25N5O2. The smallest absolute Gasteiger partial charge is 0.274 e. The van der Waals surface area contributed by atoms with E-state index in [1.54, 1.807) is 0 Å². The Labute approximate surface area is 146 Å². The zero-order valence-electron chi connectivity index (χ0n) is 14.9. The summed E-state index contributed by atoms with van der Waals surface area (Å²) in [4.78, 5) is 12.2. The first-order chi connectivity index (χ1) is 11.5. The molecule has 7 heteroatoms. The summed E-state index contributed by atoms with van der Waals surface area (Å²) in [5.74, 6) is 8.00. The number of nitrogens with zero attached hydrogens (tertiary/aromatic N) is 1. The Balaban J connectivity index is 0.00000101. The number of nitrogens with two attached hydrogens (primary N) is 2. The van der Waals surface area contributed by atoms with Crippen LogP contribution in [-0.4, -0.2) is 15.7 Å². The van der Waals surface area contributed by atoms with E-state index >= 15 is 0 Å². The lowest BCUT2D eigenvalue weighted by atomic mass is 10.0. The highest BCUT2D eigenvalue weighted by molar-refractivity contribution is 5.96. The molecule has 0 spiro atoms. The molecule has 0 aliphatic rings. The summed E-state index contributed by atoms with van der Waals surface area (Å²) in [6.45, 7) is 8.13. The SMILES string of the molecule is Cc1cc(C)c(Nc2cccc3c(C)n[nH]c(=O)c23)c(C)c1.NN.O. The van der Waals surface area contributed by atoms with Gasteiger partial charge < -0.3 is 10.8 Å². The molecule has 0 amide bonds. The van der Waals surface area contributed by atoms with Crippen LogP contribution in [0.1, 0.15) is 22.4 Å². The maximum Gasteiger partial charge on any atom is 0.274 e. The van der Waals surface area contributed by atoms with Gasteiger partial charge in [-0.15, -0.1) is 0 Å². The molecule has 0 aliphatic heterocycles. The summed E-state index contributed by atoms with van der Waals surface area (Å²) in [6, 6.07) is 10.1. The average Bonchev–Trinajstić information content (AvgIpc) is 2.56. The van der Waals surface area contributed by atoms with Gasteiger partial charge in [-0.1, -0.05) is 29.8 Å². The summed E-state index contributed by atoms with van der Waals surface area (Å²) < 4.78 is 0. The number of benzene rings is 2. The van der Waals surface area contributed by atoms with Crippen LogP contribution in [0.4, 0.5) is 11.4 Å². The molecule has 1 aromatic heterocycles. The van der Waals surface area contributed by atoms with Crippen LogP contribution in [0, 0.1) is 27.7 Å². The number of fused-ring (bicyclic) bond motifs is 1. The molecule has 0 atom stereocenters. The van der Waals surface area contributed by atoms with E-state index in [9.17, 15) is 4.79 Å². The zero-order valence-corrected chi connectivity index (χ0v) is 14.9. The Bertz CT molecular complexity index is 911. The van der Waals surface area contributed by atoms with Gasteiger partial charge in [0.15, 0.2) is 0 Å². The van der Waals surface area contributed by atoms with E-state index < -0.39 is 0 Å². The standard InChI is InChI=1S/C18H19N3O.H4N2.H2O/c1-10-8-11(2)17(12(3)9-10)19-15-7-5-6-14-13(4)20-21-18(22)16(14)15;1-2;/h5-9,19H,1-4H3,(H,21,22);1-2H2;1H2. The summed E-state index contributed by atoms with van der Waals surface area (Å²) in [7, 11) is 0. The molecule has 3 rings (SSSR count). The predicted octanol–water partition coefficient (Wildman–Crippen LogP) is 1.89. The van der Waals surface area contributed by atoms with Gasteiger partial charge in [-0.3, -0.25) is 16.5 Å². The minimum absolute atomic E-state index is 0. The van der Waals surface area contributed by atoms with E-state index in [0.29, 0.717) is 5.39 Å². The highest BCUT2D eigenvalue weighted by atomic mass is 16.1. The molecule has 3 aromatic rings. The van der Waals surface area contributed by atoms with Crippen LogP contribution < -0.4 is 22.6 Å². The van der Waals surface area contributed by atoms with Gasteiger partial charge in [-0.2, -0.15) is 5.10 Å². The lowest BCUT2D eigenvalue weighted by Gasteiger charge is -2.15. The zero-order chi connectivity index (χ0) is 17.9. The number of H-pyrrole nitrogens is 1. The number of aromatic amines is 1. The number of aromatic nitrogens is 2. The number of aryl methyl sites for hydroxylation is 4. The molecule has 25 heavy (non-hydrogen) atoms. The minimum atomic E-state index is -0.175. The van der Waals surface area contributed by atoms with Gasteiger partial charge in [0.1, 0.15) is 0 Å². The molecule has 0 aliphatic carbocycles. The van der Waals surface area contributed by atoms with Gasteiger partial charge >= 0.3 is 0 Å². The second kappa shape index (κ2) is 8.39. The Morgan fingerprint density at radius 2 is 1.64 bits per heavy atom. The van der Waals surface area contributed by atoms with Gasteiger partial charge in [0.2, 0.25) is 0 Å². The lowest BCUT2D eigenvalue weighted by molar-refractivity contribution is 0.824. The Morgan fingerprint density at radius 1 is 1.04 bits per heavy atom. The van der Waals surface area contributed by atoms with Crippen molar-refractivity contribution < 1.29 is 5.48 Å². The van der Waals surface area contributed by atoms with Gasteiger partial charge in [0, 0.05) is 11.1 Å². The predicted molar refractivity (Wildman–Crippen MR) is 103 cm³/mol. The van der Waals surface area contributed by atoms with E-state index in [1.807, 2.05) is 25.1 Å². The van der Waals surface area contributed by atoms with E-state index in [1.165, 1.54) is 5.56 Å². The third-order valence-corrected chi connectivity index (χ3v) is 3.94. The van der Waals surface area contributed by atoms with Crippen LogP contribution >= 0.6 is 0 Å². The lowest BCUT2D eigenvalue weighted by Crippen LogP contribution is -2.11. The van der Waals surface area contributed by atoms with Crippen LogP contribution in [0.25, 0.3) is 10.8 Å². The summed E-state index contributed by atoms with van der Waals surface area (Å²) >= 11 is 0. The number of anilines is 2. The van der Waals surface area contributed by atoms with Crippen molar-refractivity contribution in [3.05, 3.63) is 63.1 Å². The Hall–Kier alpha value is -2.74. The molecule has 0 saturated heterocycles.